The third kappa shape index (κ3) is 2.60. The summed E-state index contributed by atoms with van der Waals surface area (Å²) in [6.45, 7) is 5.56. The molecule has 1 heterocycles. The minimum absolute atomic E-state index is 0.223. The van der Waals surface area contributed by atoms with E-state index in [0.717, 1.165) is 24.4 Å². The van der Waals surface area contributed by atoms with Crippen LogP contribution < -0.4 is 5.32 Å². The molecule has 0 aliphatic heterocycles. The van der Waals surface area contributed by atoms with Gasteiger partial charge in [0.25, 0.3) is 0 Å². The number of benzene rings is 1. The lowest BCUT2D eigenvalue weighted by atomic mass is 9.85. The Hall–Kier alpha value is -1.32. The second kappa shape index (κ2) is 5.23. The number of fused-ring (bicyclic) bond motifs is 1. The highest BCUT2D eigenvalue weighted by atomic mass is 35.5. The largest absolute Gasteiger partial charge is 0.348 e. The van der Waals surface area contributed by atoms with Crippen molar-refractivity contribution in [2.75, 3.05) is 6.54 Å². The Kier molecular flexibility index (Phi) is 3.57. The van der Waals surface area contributed by atoms with Crippen molar-refractivity contribution in [3.63, 3.8) is 0 Å². The highest BCUT2D eigenvalue weighted by Gasteiger charge is 2.38. The molecule has 0 radical (unpaired) electrons. The predicted molar refractivity (Wildman–Crippen MR) is 82.0 cm³/mol. The fourth-order valence-corrected chi connectivity index (χ4v) is 3.35. The van der Waals surface area contributed by atoms with Crippen LogP contribution in [0.25, 0.3) is 0 Å². The molecule has 3 rings (SSSR count). The van der Waals surface area contributed by atoms with E-state index < -0.39 is 0 Å². The van der Waals surface area contributed by atoms with Gasteiger partial charge in [-0.15, -0.1) is 0 Å². The number of imidazole rings is 1. The van der Waals surface area contributed by atoms with Crippen LogP contribution in [-0.2, 0) is 12.8 Å². The summed E-state index contributed by atoms with van der Waals surface area (Å²) in [6, 6.07) is 6.62. The fraction of sp³-hybridized carbons (Fsp3) is 0.438. The Morgan fingerprint density at radius 3 is 3.05 bits per heavy atom. The number of hydrogen-bond acceptors (Lipinski definition) is 2. The lowest BCUT2D eigenvalue weighted by molar-refractivity contribution is 0.270. The smallest absolute Gasteiger partial charge is 0.0921 e. The van der Waals surface area contributed by atoms with Crippen LogP contribution in [0.5, 0.6) is 0 Å². The van der Waals surface area contributed by atoms with Gasteiger partial charge < -0.3 is 10.3 Å². The van der Waals surface area contributed by atoms with E-state index >= 15 is 0 Å². The number of halogens is 1. The van der Waals surface area contributed by atoms with Gasteiger partial charge in [0.2, 0.25) is 0 Å². The van der Waals surface area contributed by atoms with Gasteiger partial charge in [-0.3, -0.25) is 0 Å². The molecule has 1 aromatic carbocycles. The first-order valence-electron chi connectivity index (χ1n) is 7.05. The first kappa shape index (κ1) is 13.7. The predicted octanol–water partition coefficient (Wildman–Crippen LogP) is 3.52. The van der Waals surface area contributed by atoms with E-state index in [1.54, 1.807) is 6.33 Å². The Morgan fingerprint density at radius 1 is 1.45 bits per heavy atom. The fourth-order valence-electron chi connectivity index (χ4n) is 3.17. The number of hydrogen-bond donors (Lipinski definition) is 2. The van der Waals surface area contributed by atoms with E-state index in [1.165, 1.54) is 16.8 Å². The van der Waals surface area contributed by atoms with Crippen molar-refractivity contribution in [1.29, 1.82) is 0 Å². The molecule has 0 saturated heterocycles. The third-order valence-corrected chi connectivity index (χ3v) is 4.38. The zero-order valence-electron chi connectivity index (χ0n) is 11.9. The number of H-pyrrole nitrogens is 1. The standard InChI is InChI=1S/C16H20ClN3/c1-16(2)8-11-3-4-12(17)7-14(11)15(16)19-6-5-13-9-18-10-20-13/h3-4,7,9-10,15,19H,5-6,8H2,1-2H3,(H,18,20). The number of nitrogens with zero attached hydrogens (tertiary/aromatic N) is 1. The molecule has 20 heavy (non-hydrogen) atoms. The minimum atomic E-state index is 0.223. The van der Waals surface area contributed by atoms with E-state index in [0.29, 0.717) is 6.04 Å². The van der Waals surface area contributed by atoms with Crippen molar-refractivity contribution in [2.45, 2.75) is 32.7 Å². The van der Waals surface area contributed by atoms with Crippen molar-refractivity contribution in [3.8, 4) is 0 Å². The summed E-state index contributed by atoms with van der Waals surface area (Å²) in [5.74, 6) is 0. The monoisotopic (exact) mass is 289 g/mol. The second-order valence-electron chi connectivity index (χ2n) is 6.22. The first-order valence-corrected chi connectivity index (χ1v) is 7.43. The summed E-state index contributed by atoms with van der Waals surface area (Å²) in [4.78, 5) is 7.19. The van der Waals surface area contributed by atoms with Gasteiger partial charge in [-0.25, -0.2) is 4.98 Å². The van der Waals surface area contributed by atoms with Gasteiger partial charge in [0.1, 0.15) is 0 Å². The molecule has 0 saturated carbocycles. The Labute approximate surface area is 124 Å². The molecule has 1 aliphatic carbocycles. The van der Waals surface area contributed by atoms with Crippen LogP contribution in [0.3, 0.4) is 0 Å². The number of rotatable bonds is 4. The van der Waals surface area contributed by atoms with E-state index in [-0.39, 0.29) is 5.41 Å². The van der Waals surface area contributed by atoms with Crippen LogP contribution in [0.1, 0.15) is 36.7 Å². The average Bonchev–Trinajstić information content (AvgIpc) is 2.97. The Bertz CT molecular complexity index is 590. The molecule has 0 fully saturated rings. The molecule has 0 amide bonds. The SMILES string of the molecule is CC1(C)Cc2ccc(Cl)cc2C1NCCc1cnc[nH]1. The van der Waals surface area contributed by atoms with Crippen LogP contribution in [0.2, 0.25) is 5.02 Å². The van der Waals surface area contributed by atoms with E-state index in [4.69, 9.17) is 11.6 Å². The maximum absolute atomic E-state index is 6.16. The molecular formula is C16H20ClN3. The zero-order chi connectivity index (χ0) is 14.2. The molecule has 1 unspecified atom stereocenters. The summed E-state index contributed by atoms with van der Waals surface area (Å²) in [7, 11) is 0. The Morgan fingerprint density at radius 2 is 2.30 bits per heavy atom. The van der Waals surface area contributed by atoms with Crippen molar-refractivity contribution in [2.24, 2.45) is 5.41 Å². The van der Waals surface area contributed by atoms with Crippen LogP contribution in [-0.4, -0.2) is 16.5 Å². The number of nitrogens with one attached hydrogen (secondary N) is 2. The van der Waals surface area contributed by atoms with Gasteiger partial charge >= 0.3 is 0 Å². The molecule has 0 bridgehead atoms. The van der Waals surface area contributed by atoms with Crippen LogP contribution in [0.15, 0.2) is 30.7 Å². The van der Waals surface area contributed by atoms with Gasteiger partial charge in [-0.05, 0) is 35.1 Å². The van der Waals surface area contributed by atoms with Crippen LogP contribution in [0, 0.1) is 5.41 Å². The number of aromatic amines is 1. The van der Waals surface area contributed by atoms with Crippen molar-refractivity contribution in [1.82, 2.24) is 15.3 Å². The van der Waals surface area contributed by atoms with Crippen LogP contribution >= 0.6 is 11.6 Å². The molecule has 1 aliphatic rings. The Balaban J connectivity index is 1.73. The maximum atomic E-state index is 6.16. The summed E-state index contributed by atoms with van der Waals surface area (Å²) in [6.07, 6.45) is 5.67. The van der Waals surface area contributed by atoms with Gasteiger partial charge in [0.05, 0.1) is 6.33 Å². The zero-order valence-corrected chi connectivity index (χ0v) is 12.7. The lowest BCUT2D eigenvalue weighted by Gasteiger charge is -2.28. The minimum Gasteiger partial charge on any atom is -0.348 e. The summed E-state index contributed by atoms with van der Waals surface area (Å²) >= 11 is 6.16. The molecule has 4 heteroatoms. The quantitative estimate of drug-likeness (QED) is 0.904. The highest BCUT2D eigenvalue weighted by Crippen LogP contribution is 2.45. The van der Waals surface area contributed by atoms with Crippen molar-refractivity contribution in [3.05, 3.63) is 52.6 Å². The first-order chi connectivity index (χ1) is 9.56. The maximum Gasteiger partial charge on any atom is 0.0921 e. The lowest BCUT2D eigenvalue weighted by Crippen LogP contribution is -2.32. The van der Waals surface area contributed by atoms with E-state index in [9.17, 15) is 0 Å². The normalized spacial score (nSPS) is 20.1. The summed E-state index contributed by atoms with van der Waals surface area (Å²) in [5.41, 5.74) is 4.16. The molecule has 1 atom stereocenters. The van der Waals surface area contributed by atoms with Crippen molar-refractivity contribution >= 4 is 11.6 Å². The highest BCUT2D eigenvalue weighted by molar-refractivity contribution is 6.30. The molecule has 2 aromatic rings. The molecule has 106 valence electrons. The third-order valence-electron chi connectivity index (χ3n) is 4.14. The summed E-state index contributed by atoms with van der Waals surface area (Å²) in [5, 5.41) is 4.51. The molecule has 0 spiro atoms. The van der Waals surface area contributed by atoms with Gasteiger partial charge in [-0.1, -0.05) is 31.5 Å². The topological polar surface area (TPSA) is 40.7 Å². The van der Waals surface area contributed by atoms with Gasteiger partial charge in [0, 0.05) is 35.9 Å². The van der Waals surface area contributed by atoms with Crippen molar-refractivity contribution < 1.29 is 0 Å². The van der Waals surface area contributed by atoms with Crippen LogP contribution in [0.4, 0.5) is 0 Å². The van der Waals surface area contributed by atoms with Gasteiger partial charge in [0.15, 0.2) is 0 Å². The van der Waals surface area contributed by atoms with E-state index in [1.807, 2.05) is 12.3 Å². The van der Waals surface area contributed by atoms with Gasteiger partial charge in [-0.2, -0.15) is 0 Å². The molecule has 3 nitrogen and oxygen atoms in total. The van der Waals surface area contributed by atoms with E-state index in [2.05, 4.69) is 41.3 Å². The summed E-state index contributed by atoms with van der Waals surface area (Å²) < 4.78 is 0. The molecule has 1 aromatic heterocycles. The second-order valence-corrected chi connectivity index (χ2v) is 6.66. The number of aromatic nitrogens is 2. The molecule has 2 N–H and O–H groups in total. The molecular weight excluding hydrogens is 270 g/mol. The average molecular weight is 290 g/mol.